The highest BCUT2D eigenvalue weighted by Gasteiger charge is 2.12. The van der Waals surface area contributed by atoms with E-state index in [0.29, 0.717) is 34.0 Å². The van der Waals surface area contributed by atoms with Crippen LogP contribution in [0.2, 0.25) is 0 Å². The fraction of sp³-hybridized carbons (Fsp3) is 0.200. The van der Waals surface area contributed by atoms with Crippen molar-refractivity contribution in [2.24, 2.45) is 0 Å². The minimum atomic E-state index is -0.215. The van der Waals surface area contributed by atoms with Crippen LogP contribution < -0.4 is 14.8 Å². The second-order valence-corrected chi connectivity index (χ2v) is 7.25. The summed E-state index contributed by atoms with van der Waals surface area (Å²) in [4.78, 5) is 17.3. The van der Waals surface area contributed by atoms with Crippen molar-refractivity contribution in [3.63, 3.8) is 0 Å². The van der Waals surface area contributed by atoms with E-state index in [1.54, 1.807) is 37.4 Å². The summed E-state index contributed by atoms with van der Waals surface area (Å²) in [7, 11) is 1.62. The molecule has 158 valence electrons. The number of carbonyl (C=O) groups excluding carboxylic acids is 1. The first kappa shape index (κ1) is 20.5. The number of aromatic nitrogens is 1. The SMILES string of the molecule is CCC(C)Oc1cccc(C(=O)Nc2ccc3oc(-c4ccc(OC)cc4)nc3c2)c1. The van der Waals surface area contributed by atoms with Crippen LogP contribution >= 0.6 is 0 Å². The predicted molar refractivity (Wildman–Crippen MR) is 121 cm³/mol. The van der Waals surface area contributed by atoms with E-state index in [4.69, 9.17) is 13.9 Å². The van der Waals surface area contributed by atoms with Gasteiger partial charge in [0.15, 0.2) is 5.58 Å². The first-order valence-electron chi connectivity index (χ1n) is 10.2. The highest BCUT2D eigenvalue weighted by molar-refractivity contribution is 6.05. The summed E-state index contributed by atoms with van der Waals surface area (Å²) in [6.45, 7) is 4.06. The van der Waals surface area contributed by atoms with Gasteiger partial charge in [-0.15, -0.1) is 0 Å². The van der Waals surface area contributed by atoms with E-state index >= 15 is 0 Å². The van der Waals surface area contributed by atoms with Gasteiger partial charge in [-0.2, -0.15) is 0 Å². The number of nitrogens with one attached hydrogen (secondary N) is 1. The Bertz CT molecular complexity index is 1200. The molecule has 3 aromatic carbocycles. The molecule has 31 heavy (non-hydrogen) atoms. The normalized spacial score (nSPS) is 11.8. The third-order valence-corrected chi connectivity index (χ3v) is 4.99. The van der Waals surface area contributed by atoms with Crippen LogP contribution in [0, 0.1) is 0 Å². The Morgan fingerprint density at radius 3 is 2.61 bits per heavy atom. The molecule has 6 nitrogen and oxygen atoms in total. The lowest BCUT2D eigenvalue weighted by Crippen LogP contribution is -2.13. The molecule has 4 rings (SSSR count). The van der Waals surface area contributed by atoms with E-state index in [1.165, 1.54) is 0 Å². The van der Waals surface area contributed by atoms with Crippen LogP contribution in [0.3, 0.4) is 0 Å². The first-order chi connectivity index (χ1) is 15.1. The highest BCUT2D eigenvalue weighted by Crippen LogP contribution is 2.28. The molecule has 4 aromatic rings. The van der Waals surface area contributed by atoms with E-state index in [1.807, 2.05) is 43.3 Å². The van der Waals surface area contributed by atoms with Gasteiger partial charge in [0, 0.05) is 16.8 Å². The maximum absolute atomic E-state index is 12.7. The molecule has 1 amide bonds. The minimum Gasteiger partial charge on any atom is -0.497 e. The predicted octanol–water partition coefficient (Wildman–Crippen LogP) is 5.93. The van der Waals surface area contributed by atoms with Gasteiger partial charge >= 0.3 is 0 Å². The van der Waals surface area contributed by atoms with Gasteiger partial charge < -0.3 is 19.2 Å². The summed E-state index contributed by atoms with van der Waals surface area (Å²) >= 11 is 0. The molecule has 1 N–H and O–H groups in total. The Kier molecular flexibility index (Phi) is 5.89. The molecule has 0 saturated heterocycles. The van der Waals surface area contributed by atoms with Crippen molar-refractivity contribution in [2.45, 2.75) is 26.4 Å². The second kappa shape index (κ2) is 8.92. The molecule has 0 fully saturated rings. The summed E-state index contributed by atoms with van der Waals surface area (Å²) in [6, 6.07) is 20.1. The van der Waals surface area contributed by atoms with Crippen molar-refractivity contribution in [2.75, 3.05) is 12.4 Å². The Hall–Kier alpha value is -3.80. The maximum atomic E-state index is 12.7. The number of ether oxygens (including phenoxy) is 2. The van der Waals surface area contributed by atoms with Crippen LogP contribution in [0.15, 0.2) is 71.1 Å². The molecular weight excluding hydrogens is 392 g/mol. The molecule has 0 spiro atoms. The lowest BCUT2D eigenvalue weighted by atomic mass is 10.2. The number of carbonyl (C=O) groups is 1. The summed E-state index contributed by atoms with van der Waals surface area (Å²) < 4.78 is 16.9. The molecule has 0 aliphatic heterocycles. The van der Waals surface area contributed by atoms with Gasteiger partial charge in [-0.1, -0.05) is 13.0 Å². The van der Waals surface area contributed by atoms with Gasteiger partial charge in [0.1, 0.15) is 17.0 Å². The standard InChI is InChI=1S/C25H24N2O4/c1-4-16(2)30-21-7-5-6-18(14-21)24(28)26-19-10-13-23-22(15-19)27-25(31-23)17-8-11-20(29-3)12-9-17/h5-16H,4H2,1-3H3,(H,26,28). The molecule has 0 bridgehead atoms. The van der Waals surface area contributed by atoms with Crippen LogP contribution in [0.25, 0.3) is 22.6 Å². The fourth-order valence-electron chi connectivity index (χ4n) is 3.09. The number of oxazole rings is 1. The molecular formula is C25H24N2O4. The average molecular weight is 416 g/mol. The number of amides is 1. The van der Waals surface area contributed by atoms with E-state index in [0.717, 1.165) is 17.7 Å². The smallest absolute Gasteiger partial charge is 0.255 e. The van der Waals surface area contributed by atoms with Gasteiger partial charge in [0.2, 0.25) is 5.89 Å². The molecule has 1 atom stereocenters. The quantitative estimate of drug-likeness (QED) is 0.404. The van der Waals surface area contributed by atoms with Crippen LogP contribution in [-0.4, -0.2) is 24.1 Å². The van der Waals surface area contributed by atoms with Gasteiger partial charge in [0.05, 0.1) is 13.2 Å². The van der Waals surface area contributed by atoms with Crippen molar-refractivity contribution in [3.05, 3.63) is 72.3 Å². The van der Waals surface area contributed by atoms with E-state index in [2.05, 4.69) is 17.2 Å². The molecule has 1 unspecified atom stereocenters. The van der Waals surface area contributed by atoms with Crippen LogP contribution in [0.1, 0.15) is 30.6 Å². The number of hydrogen-bond donors (Lipinski definition) is 1. The van der Waals surface area contributed by atoms with E-state index < -0.39 is 0 Å². The van der Waals surface area contributed by atoms with Crippen LogP contribution in [0.4, 0.5) is 5.69 Å². The lowest BCUT2D eigenvalue weighted by molar-refractivity contribution is 0.102. The zero-order valence-electron chi connectivity index (χ0n) is 17.7. The molecule has 0 aliphatic carbocycles. The Labute approximate surface area is 180 Å². The number of benzene rings is 3. The lowest BCUT2D eigenvalue weighted by Gasteiger charge is -2.13. The number of hydrogen-bond acceptors (Lipinski definition) is 5. The maximum Gasteiger partial charge on any atom is 0.255 e. The zero-order chi connectivity index (χ0) is 21.8. The van der Waals surface area contributed by atoms with Crippen LogP contribution in [0.5, 0.6) is 11.5 Å². The Morgan fingerprint density at radius 1 is 1.06 bits per heavy atom. The van der Waals surface area contributed by atoms with Crippen LogP contribution in [-0.2, 0) is 0 Å². The molecule has 1 heterocycles. The van der Waals surface area contributed by atoms with Crippen molar-refractivity contribution < 1.29 is 18.7 Å². The topological polar surface area (TPSA) is 73.6 Å². The fourth-order valence-corrected chi connectivity index (χ4v) is 3.09. The number of fused-ring (bicyclic) bond motifs is 1. The third-order valence-electron chi connectivity index (χ3n) is 4.99. The molecule has 6 heteroatoms. The first-order valence-corrected chi connectivity index (χ1v) is 10.2. The Balaban J connectivity index is 1.52. The van der Waals surface area contributed by atoms with Crippen molar-refractivity contribution in [1.29, 1.82) is 0 Å². The average Bonchev–Trinajstić information content (AvgIpc) is 3.22. The van der Waals surface area contributed by atoms with Crippen molar-refractivity contribution in [1.82, 2.24) is 4.98 Å². The summed E-state index contributed by atoms with van der Waals surface area (Å²) in [6.07, 6.45) is 0.986. The molecule has 0 saturated carbocycles. The minimum absolute atomic E-state index is 0.0905. The Morgan fingerprint density at radius 2 is 1.87 bits per heavy atom. The van der Waals surface area contributed by atoms with Gasteiger partial charge in [0.25, 0.3) is 5.91 Å². The number of methoxy groups -OCH3 is 1. The van der Waals surface area contributed by atoms with Gasteiger partial charge in [-0.05, 0) is 74.0 Å². The molecule has 0 aliphatic rings. The number of anilines is 1. The second-order valence-electron chi connectivity index (χ2n) is 7.25. The van der Waals surface area contributed by atoms with Crippen molar-refractivity contribution in [3.8, 4) is 23.0 Å². The molecule has 1 aromatic heterocycles. The third kappa shape index (κ3) is 4.69. The number of rotatable bonds is 7. The largest absolute Gasteiger partial charge is 0.497 e. The van der Waals surface area contributed by atoms with E-state index in [9.17, 15) is 4.79 Å². The monoisotopic (exact) mass is 416 g/mol. The van der Waals surface area contributed by atoms with Gasteiger partial charge in [-0.25, -0.2) is 4.98 Å². The summed E-state index contributed by atoms with van der Waals surface area (Å²) in [5, 5.41) is 2.92. The van der Waals surface area contributed by atoms with Crippen molar-refractivity contribution >= 4 is 22.7 Å². The highest BCUT2D eigenvalue weighted by atomic mass is 16.5. The van der Waals surface area contributed by atoms with E-state index in [-0.39, 0.29) is 12.0 Å². The van der Waals surface area contributed by atoms with Gasteiger partial charge in [-0.3, -0.25) is 4.79 Å². The molecule has 0 radical (unpaired) electrons. The number of nitrogens with zero attached hydrogens (tertiary/aromatic N) is 1. The summed E-state index contributed by atoms with van der Waals surface area (Å²) in [5.74, 6) is 1.74. The summed E-state index contributed by atoms with van der Waals surface area (Å²) in [5.41, 5.74) is 3.33. The zero-order valence-corrected chi connectivity index (χ0v) is 17.7.